The second kappa shape index (κ2) is 9.92. The van der Waals surface area contributed by atoms with Crippen molar-refractivity contribution in [1.29, 1.82) is 0 Å². The summed E-state index contributed by atoms with van der Waals surface area (Å²) in [7, 11) is -6.08. The number of rotatable bonds is 7. The maximum absolute atomic E-state index is 13.0. The number of hydrogen-bond acceptors (Lipinski definition) is 5. The lowest BCUT2D eigenvalue weighted by molar-refractivity contribution is -0.116. The highest BCUT2D eigenvalue weighted by atomic mass is 32.2. The number of anilines is 1. The number of carbonyl (C=O) groups excluding carboxylic acids is 1. The molecule has 1 aliphatic heterocycles. The van der Waals surface area contributed by atoms with Crippen LogP contribution in [0.4, 0.5) is 5.69 Å². The van der Waals surface area contributed by atoms with Crippen LogP contribution >= 0.6 is 0 Å². The number of likely N-dealkylation sites (N-methyl/N-ethyl adjacent to an activating group) is 1. The Morgan fingerprint density at radius 3 is 2.00 bits per heavy atom. The number of sulfonamides is 2. The number of piperidine rings is 1. The molecule has 0 spiro atoms. The summed E-state index contributed by atoms with van der Waals surface area (Å²) in [4.78, 5) is 12.7. The molecule has 1 saturated heterocycles. The van der Waals surface area contributed by atoms with Gasteiger partial charge in [0.05, 0.1) is 16.3 Å². The van der Waals surface area contributed by atoms with Gasteiger partial charge in [-0.1, -0.05) is 31.5 Å². The topological polar surface area (TPSA) is 104 Å². The first-order valence-corrected chi connectivity index (χ1v) is 13.7. The monoisotopic (exact) mass is 493 g/mol. The molecule has 1 amide bonds. The quantitative estimate of drug-likeness (QED) is 0.639. The molecule has 0 saturated carbocycles. The fourth-order valence-electron chi connectivity index (χ4n) is 4.04. The summed E-state index contributed by atoms with van der Waals surface area (Å²) in [5.74, 6) is 0.0769. The Bertz CT molecular complexity index is 1180. The van der Waals surface area contributed by atoms with Crippen molar-refractivity contribution < 1.29 is 21.6 Å². The summed E-state index contributed by atoms with van der Waals surface area (Å²) >= 11 is 0. The zero-order valence-electron chi connectivity index (χ0n) is 19.4. The lowest BCUT2D eigenvalue weighted by atomic mass is 9.94. The van der Waals surface area contributed by atoms with Gasteiger partial charge in [0.15, 0.2) is 0 Å². The molecule has 33 heavy (non-hydrogen) atoms. The van der Waals surface area contributed by atoms with Crippen molar-refractivity contribution in [2.24, 2.45) is 11.8 Å². The van der Waals surface area contributed by atoms with Crippen LogP contribution in [0.5, 0.6) is 0 Å². The molecule has 0 aromatic heterocycles. The number of nitrogens with one attached hydrogen (secondary N) is 1. The maximum Gasteiger partial charge on any atom is 0.243 e. The molecule has 2 aromatic rings. The summed E-state index contributed by atoms with van der Waals surface area (Å²) in [5.41, 5.74) is 1.32. The third kappa shape index (κ3) is 6.00. The van der Waals surface area contributed by atoms with Gasteiger partial charge >= 0.3 is 0 Å². The van der Waals surface area contributed by atoms with Crippen LogP contribution in [0.25, 0.3) is 0 Å². The minimum absolute atomic E-state index is 0.110. The van der Waals surface area contributed by atoms with Gasteiger partial charge in [-0.15, -0.1) is 0 Å². The Balaban J connectivity index is 1.64. The summed E-state index contributed by atoms with van der Waals surface area (Å²) in [6.07, 6.45) is 1.01. The number of carbonyl (C=O) groups is 1. The van der Waals surface area contributed by atoms with E-state index < -0.39 is 26.0 Å². The average molecular weight is 494 g/mol. The zero-order valence-corrected chi connectivity index (χ0v) is 21.0. The molecule has 10 heteroatoms. The molecular formula is C23H31N3O5S2. The minimum Gasteiger partial charge on any atom is -0.325 e. The Hall–Kier alpha value is -2.27. The molecule has 1 aliphatic rings. The predicted octanol–water partition coefficient (Wildman–Crippen LogP) is 2.92. The van der Waals surface area contributed by atoms with E-state index >= 15 is 0 Å². The van der Waals surface area contributed by atoms with Crippen molar-refractivity contribution in [3.8, 4) is 0 Å². The molecule has 1 fully saturated rings. The number of amides is 1. The van der Waals surface area contributed by atoms with Crippen LogP contribution < -0.4 is 5.32 Å². The van der Waals surface area contributed by atoms with Crippen molar-refractivity contribution in [3.63, 3.8) is 0 Å². The highest BCUT2D eigenvalue weighted by molar-refractivity contribution is 7.89. The molecule has 0 aliphatic carbocycles. The molecule has 0 radical (unpaired) electrons. The molecule has 1 N–H and O–H groups in total. The summed E-state index contributed by atoms with van der Waals surface area (Å²) in [6.45, 7) is 6.57. The van der Waals surface area contributed by atoms with E-state index in [0.717, 1.165) is 16.3 Å². The van der Waals surface area contributed by atoms with E-state index in [1.165, 1.54) is 47.8 Å². The van der Waals surface area contributed by atoms with Crippen LogP contribution in [0, 0.1) is 18.8 Å². The van der Waals surface area contributed by atoms with Gasteiger partial charge in [-0.25, -0.2) is 16.8 Å². The molecular weight excluding hydrogens is 462 g/mol. The Morgan fingerprint density at radius 2 is 1.45 bits per heavy atom. The van der Waals surface area contributed by atoms with Crippen LogP contribution in [0.15, 0.2) is 58.3 Å². The lowest BCUT2D eigenvalue weighted by Crippen LogP contribution is -2.42. The van der Waals surface area contributed by atoms with Crippen molar-refractivity contribution in [3.05, 3.63) is 54.1 Å². The van der Waals surface area contributed by atoms with Crippen LogP contribution in [0.3, 0.4) is 0 Å². The van der Waals surface area contributed by atoms with Crippen LogP contribution in [0.1, 0.15) is 25.8 Å². The number of hydrogen-bond donors (Lipinski definition) is 1. The standard InChI is InChI=1S/C23H31N3O5S2/c1-17-5-9-21(10-6-17)32(28,29)25(4)16-23(27)24-20-7-11-22(12-8-20)33(30,31)26-14-18(2)13-19(3)15-26/h5-12,18-19H,13-16H2,1-4H3,(H,24,27)/t18-,19+. The van der Waals surface area contributed by atoms with E-state index in [1.807, 2.05) is 20.8 Å². The molecule has 1 heterocycles. The molecule has 0 unspecified atom stereocenters. The van der Waals surface area contributed by atoms with Crippen molar-refractivity contribution >= 4 is 31.6 Å². The molecule has 180 valence electrons. The Labute approximate surface area is 196 Å². The molecule has 0 bridgehead atoms. The van der Waals surface area contributed by atoms with Gasteiger partial charge in [-0.2, -0.15) is 8.61 Å². The van der Waals surface area contributed by atoms with Gasteiger partial charge in [-0.05, 0) is 61.6 Å². The Kier molecular flexibility index (Phi) is 7.62. The first kappa shape index (κ1) is 25.4. The highest BCUT2D eigenvalue weighted by Crippen LogP contribution is 2.27. The fourth-order valence-corrected chi connectivity index (χ4v) is 6.85. The van der Waals surface area contributed by atoms with Crippen LogP contribution in [-0.4, -0.2) is 58.0 Å². The van der Waals surface area contributed by atoms with Crippen LogP contribution in [-0.2, 0) is 24.8 Å². The van der Waals surface area contributed by atoms with E-state index in [0.29, 0.717) is 30.6 Å². The normalized spacial score (nSPS) is 20.0. The van der Waals surface area contributed by atoms with Gasteiger partial charge in [0.25, 0.3) is 0 Å². The van der Waals surface area contributed by atoms with Gasteiger partial charge in [0.2, 0.25) is 26.0 Å². The van der Waals surface area contributed by atoms with Gasteiger partial charge < -0.3 is 5.32 Å². The molecule has 3 rings (SSSR count). The maximum atomic E-state index is 13.0. The van der Waals surface area contributed by atoms with E-state index in [2.05, 4.69) is 5.32 Å². The predicted molar refractivity (Wildman–Crippen MR) is 128 cm³/mol. The number of benzene rings is 2. The summed E-state index contributed by atoms with van der Waals surface area (Å²) in [5, 5.41) is 2.62. The zero-order chi connectivity index (χ0) is 24.4. The Morgan fingerprint density at radius 1 is 0.939 bits per heavy atom. The summed E-state index contributed by atoms with van der Waals surface area (Å²) in [6, 6.07) is 12.3. The largest absolute Gasteiger partial charge is 0.325 e. The number of aryl methyl sites for hydroxylation is 1. The van der Waals surface area contributed by atoms with Crippen LogP contribution in [0.2, 0.25) is 0 Å². The van der Waals surface area contributed by atoms with Gasteiger partial charge in [-0.3, -0.25) is 4.79 Å². The fraction of sp³-hybridized carbons (Fsp3) is 0.435. The first-order chi connectivity index (χ1) is 15.4. The smallest absolute Gasteiger partial charge is 0.243 e. The highest BCUT2D eigenvalue weighted by Gasteiger charge is 2.31. The summed E-state index contributed by atoms with van der Waals surface area (Å²) < 4.78 is 53.8. The van der Waals surface area contributed by atoms with E-state index in [-0.39, 0.29) is 16.3 Å². The minimum atomic E-state index is -3.80. The van der Waals surface area contributed by atoms with Crippen molar-refractivity contribution in [2.75, 3.05) is 32.0 Å². The lowest BCUT2D eigenvalue weighted by Gasteiger charge is -2.34. The molecule has 8 nitrogen and oxygen atoms in total. The van der Waals surface area contributed by atoms with Crippen molar-refractivity contribution in [2.45, 2.75) is 37.0 Å². The van der Waals surface area contributed by atoms with E-state index in [4.69, 9.17) is 0 Å². The first-order valence-electron chi connectivity index (χ1n) is 10.8. The number of nitrogens with zero attached hydrogens (tertiary/aromatic N) is 2. The molecule has 2 aromatic carbocycles. The molecule has 2 atom stereocenters. The second-order valence-corrected chi connectivity index (χ2v) is 12.9. The van der Waals surface area contributed by atoms with E-state index in [1.54, 1.807) is 12.1 Å². The third-order valence-corrected chi connectivity index (χ3v) is 9.37. The van der Waals surface area contributed by atoms with Gasteiger partial charge in [0.1, 0.15) is 0 Å². The second-order valence-electron chi connectivity index (χ2n) is 8.91. The third-order valence-electron chi connectivity index (χ3n) is 5.71. The van der Waals surface area contributed by atoms with E-state index in [9.17, 15) is 21.6 Å². The van der Waals surface area contributed by atoms with Crippen molar-refractivity contribution in [1.82, 2.24) is 8.61 Å². The van der Waals surface area contributed by atoms with Gasteiger partial charge in [0, 0.05) is 25.8 Å². The SMILES string of the molecule is Cc1ccc(S(=O)(=O)N(C)CC(=O)Nc2ccc(S(=O)(=O)N3C[C@H](C)C[C@H](C)C3)cc2)cc1. The average Bonchev–Trinajstić information content (AvgIpc) is 2.73.